The predicted molar refractivity (Wildman–Crippen MR) is 80.9 cm³/mol. The highest BCUT2D eigenvalue weighted by Gasteiger charge is 2.03. The standard InChI is InChI=1S/C16H16N4O/c1-12-4-5-14(21-12)6-9-18-16-19-10-7-15(20-16)13-3-2-8-17-11-13/h2-5,7-8,10-11H,6,9H2,1H3,(H,18,19,20). The topological polar surface area (TPSA) is 63.8 Å². The molecule has 5 heteroatoms. The minimum absolute atomic E-state index is 0.611. The number of nitrogens with one attached hydrogen (secondary N) is 1. The molecule has 3 aromatic rings. The van der Waals surface area contributed by atoms with Crippen molar-refractivity contribution in [1.29, 1.82) is 0 Å². The van der Waals surface area contributed by atoms with E-state index in [1.165, 1.54) is 0 Å². The van der Waals surface area contributed by atoms with E-state index in [4.69, 9.17) is 4.42 Å². The van der Waals surface area contributed by atoms with Crippen molar-refractivity contribution in [2.24, 2.45) is 0 Å². The lowest BCUT2D eigenvalue weighted by Crippen LogP contribution is -2.07. The molecule has 0 amide bonds. The van der Waals surface area contributed by atoms with Crippen molar-refractivity contribution in [2.75, 3.05) is 11.9 Å². The van der Waals surface area contributed by atoms with E-state index >= 15 is 0 Å². The van der Waals surface area contributed by atoms with Gasteiger partial charge >= 0.3 is 0 Å². The summed E-state index contributed by atoms with van der Waals surface area (Å²) in [6, 6.07) is 9.70. The van der Waals surface area contributed by atoms with E-state index < -0.39 is 0 Å². The van der Waals surface area contributed by atoms with Crippen LogP contribution in [0.3, 0.4) is 0 Å². The van der Waals surface area contributed by atoms with Crippen molar-refractivity contribution in [1.82, 2.24) is 15.0 Å². The molecule has 5 nitrogen and oxygen atoms in total. The molecule has 106 valence electrons. The molecule has 0 aliphatic rings. The normalized spacial score (nSPS) is 10.5. The highest BCUT2D eigenvalue weighted by molar-refractivity contribution is 5.58. The highest BCUT2D eigenvalue weighted by Crippen LogP contribution is 2.15. The Kier molecular flexibility index (Phi) is 3.91. The Bertz CT molecular complexity index is 709. The Labute approximate surface area is 123 Å². The van der Waals surface area contributed by atoms with Crippen LogP contribution in [-0.2, 0) is 6.42 Å². The zero-order valence-electron chi connectivity index (χ0n) is 11.8. The van der Waals surface area contributed by atoms with Gasteiger partial charge in [-0.3, -0.25) is 4.98 Å². The van der Waals surface area contributed by atoms with Crippen LogP contribution in [0.5, 0.6) is 0 Å². The monoisotopic (exact) mass is 280 g/mol. The lowest BCUT2D eigenvalue weighted by atomic mass is 10.2. The second kappa shape index (κ2) is 6.17. The third-order valence-corrected chi connectivity index (χ3v) is 3.06. The van der Waals surface area contributed by atoms with Gasteiger partial charge in [-0.25, -0.2) is 9.97 Å². The van der Waals surface area contributed by atoms with Gasteiger partial charge in [-0.15, -0.1) is 0 Å². The maximum absolute atomic E-state index is 5.53. The first-order valence-electron chi connectivity index (χ1n) is 6.84. The summed E-state index contributed by atoms with van der Waals surface area (Å²) in [5.74, 6) is 2.50. The second-order valence-corrected chi connectivity index (χ2v) is 4.70. The number of anilines is 1. The molecule has 0 aromatic carbocycles. The van der Waals surface area contributed by atoms with Crippen LogP contribution in [0.1, 0.15) is 11.5 Å². The number of aromatic nitrogens is 3. The van der Waals surface area contributed by atoms with Crippen LogP contribution >= 0.6 is 0 Å². The van der Waals surface area contributed by atoms with Crippen molar-refractivity contribution in [2.45, 2.75) is 13.3 Å². The van der Waals surface area contributed by atoms with Crippen LogP contribution < -0.4 is 5.32 Å². The molecule has 0 aliphatic carbocycles. The van der Waals surface area contributed by atoms with Gasteiger partial charge in [0.1, 0.15) is 11.5 Å². The molecule has 0 aliphatic heterocycles. The van der Waals surface area contributed by atoms with Gasteiger partial charge < -0.3 is 9.73 Å². The molecule has 0 saturated carbocycles. The van der Waals surface area contributed by atoms with Crippen LogP contribution in [0, 0.1) is 6.92 Å². The molecular formula is C16H16N4O. The summed E-state index contributed by atoms with van der Waals surface area (Å²) in [4.78, 5) is 12.8. The van der Waals surface area contributed by atoms with Gasteiger partial charge in [0.15, 0.2) is 0 Å². The molecular weight excluding hydrogens is 264 g/mol. The second-order valence-electron chi connectivity index (χ2n) is 4.70. The molecule has 3 rings (SSSR count). The van der Waals surface area contributed by atoms with Crippen LogP contribution in [0.25, 0.3) is 11.3 Å². The first kappa shape index (κ1) is 13.3. The molecule has 0 bridgehead atoms. The average molecular weight is 280 g/mol. The number of pyridine rings is 1. The lowest BCUT2D eigenvalue weighted by molar-refractivity contribution is 0.486. The zero-order chi connectivity index (χ0) is 14.5. The number of furan rings is 1. The van der Waals surface area contributed by atoms with Gasteiger partial charge in [0.2, 0.25) is 5.95 Å². The number of aryl methyl sites for hydroxylation is 1. The number of hydrogen-bond donors (Lipinski definition) is 1. The lowest BCUT2D eigenvalue weighted by Gasteiger charge is -2.05. The van der Waals surface area contributed by atoms with E-state index in [0.29, 0.717) is 5.95 Å². The van der Waals surface area contributed by atoms with Crippen molar-refractivity contribution in [3.05, 3.63) is 60.4 Å². The minimum Gasteiger partial charge on any atom is -0.466 e. The Morgan fingerprint density at radius 1 is 1.14 bits per heavy atom. The smallest absolute Gasteiger partial charge is 0.223 e. The number of nitrogens with zero attached hydrogens (tertiary/aromatic N) is 3. The molecule has 1 N–H and O–H groups in total. The van der Waals surface area contributed by atoms with Crippen molar-refractivity contribution in [3.8, 4) is 11.3 Å². The Morgan fingerprint density at radius 3 is 2.86 bits per heavy atom. The Morgan fingerprint density at radius 2 is 2.10 bits per heavy atom. The third-order valence-electron chi connectivity index (χ3n) is 3.06. The Balaban J connectivity index is 1.64. The largest absolute Gasteiger partial charge is 0.466 e. The van der Waals surface area contributed by atoms with E-state index in [1.807, 2.05) is 37.3 Å². The van der Waals surface area contributed by atoms with Gasteiger partial charge in [-0.05, 0) is 37.3 Å². The summed E-state index contributed by atoms with van der Waals surface area (Å²) in [7, 11) is 0. The van der Waals surface area contributed by atoms with E-state index in [2.05, 4.69) is 20.3 Å². The fourth-order valence-electron chi connectivity index (χ4n) is 2.04. The van der Waals surface area contributed by atoms with E-state index in [0.717, 1.165) is 35.7 Å². The molecule has 0 saturated heterocycles. The van der Waals surface area contributed by atoms with E-state index in [1.54, 1.807) is 18.6 Å². The van der Waals surface area contributed by atoms with Gasteiger partial charge in [0.25, 0.3) is 0 Å². The first-order chi connectivity index (χ1) is 10.3. The summed E-state index contributed by atoms with van der Waals surface area (Å²) in [5, 5.41) is 3.21. The van der Waals surface area contributed by atoms with Gasteiger partial charge in [0, 0.05) is 37.1 Å². The molecule has 0 spiro atoms. The number of hydrogen-bond acceptors (Lipinski definition) is 5. The SMILES string of the molecule is Cc1ccc(CCNc2nccc(-c3cccnc3)n2)o1. The molecule has 0 atom stereocenters. The summed E-state index contributed by atoms with van der Waals surface area (Å²) >= 11 is 0. The summed E-state index contributed by atoms with van der Waals surface area (Å²) < 4.78 is 5.53. The fraction of sp³-hybridized carbons (Fsp3) is 0.188. The van der Waals surface area contributed by atoms with Crippen molar-refractivity contribution in [3.63, 3.8) is 0 Å². The molecule has 3 heterocycles. The molecule has 3 aromatic heterocycles. The van der Waals surface area contributed by atoms with Crippen LogP contribution in [0.4, 0.5) is 5.95 Å². The highest BCUT2D eigenvalue weighted by atomic mass is 16.3. The first-order valence-corrected chi connectivity index (χ1v) is 6.84. The average Bonchev–Trinajstić information content (AvgIpc) is 2.94. The molecule has 0 unspecified atom stereocenters. The van der Waals surface area contributed by atoms with Crippen molar-refractivity contribution >= 4 is 5.95 Å². The minimum atomic E-state index is 0.611. The molecule has 0 fully saturated rings. The summed E-state index contributed by atoms with van der Waals surface area (Å²) in [5.41, 5.74) is 1.83. The molecule has 0 radical (unpaired) electrons. The van der Waals surface area contributed by atoms with Crippen LogP contribution in [-0.4, -0.2) is 21.5 Å². The summed E-state index contributed by atoms with van der Waals surface area (Å²) in [6.07, 6.45) is 6.08. The quantitative estimate of drug-likeness (QED) is 0.778. The van der Waals surface area contributed by atoms with Gasteiger partial charge in [-0.2, -0.15) is 0 Å². The van der Waals surface area contributed by atoms with Crippen LogP contribution in [0.15, 0.2) is 53.3 Å². The Hall–Kier alpha value is -2.69. The van der Waals surface area contributed by atoms with E-state index in [-0.39, 0.29) is 0 Å². The predicted octanol–water partition coefficient (Wildman–Crippen LogP) is 3.09. The van der Waals surface area contributed by atoms with Crippen molar-refractivity contribution < 1.29 is 4.42 Å². The van der Waals surface area contributed by atoms with Gasteiger partial charge in [0.05, 0.1) is 5.69 Å². The molecule has 21 heavy (non-hydrogen) atoms. The maximum Gasteiger partial charge on any atom is 0.223 e. The van der Waals surface area contributed by atoms with E-state index in [9.17, 15) is 0 Å². The van der Waals surface area contributed by atoms with Gasteiger partial charge in [-0.1, -0.05) is 0 Å². The van der Waals surface area contributed by atoms with Crippen LogP contribution in [0.2, 0.25) is 0 Å². The maximum atomic E-state index is 5.53. The third kappa shape index (κ3) is 3.45. The number of rotatable bonds is 5. The summed E-state index contributed by atoms with van der Waals surface area (Å²) in [6.45, 7) is 2.67. The fourth-order valence-corrected chi connectivity index (χ4v) is 2.04. The zero-order valence-corrected chi connectivity index (χ0v) is 11.8.